The Hall–Kier alpha value is -2.14. The second kappa shape index (κ2) is 5.01. The van der Waals surface area contributed by atoms with Crippen molar-refractivity contribution in [2.45, 2.75) is 6.92 Å². The number of nitrogens with zero attached hydrogens (tertiary/aromatic N) is 2. The van der Waals surface area contributed by atoms with Crippen molar-refractivity contribution in [3.63, 3.8) is 0 Å². The van der Waals surface area contributed by atoms with Crippen molar-refractivity contribution in [1.29, 1.82) is 0 Å². The van der Waals surface area contributed by atoms with E-state index < -0.39 is 4.92 Å². The van der Waals surface area contributed by atoms with Crippen LogP contribution in [-0.4, -0.2) is 10.1 Å². The Kier molecular flexibility index (Phi) is 3.43. The van der Waals surface area contributed by atoms with Crippen LogP contribution in [0.25, 0.3) is 12.2 Å². The Bertz CT molecular complexity index is 620. The highest BCUT2D eigenvalue weighted by atomic mass is 35.5. The fraction of sp³-hybridized carbons (Fsp3) is 0.0833. The first-order valence-corrected chi connectivity index (χ1v) is 5.50. The summed E-state index contributed by atoms with van der Waals surface area (Å²) in [5.74, 6) is 0.109. The molecule has 0 bridgehead atoms. The molecule has 1 heterocycles. The first-order chi connectivity index (χ1) is 8.59. The van der Waals surface area contributed by atoms with Gasteiger partial charge in [-0.25, -0.2) is 0 Å². The molecular formula is C12H9ClN2O3. The molecular weight excluding hydrogens is 256 g/mol. The molecule has 0 atom stereocenters. The van der Waals surface area contributed by atoms with Crippen molar-refractivity contribution in [2.75, 3.05) is 0 Å². The van der Waals surface area contributed by atoms with E-state index in [0.29, 0.717) is 5.02 Å². The SMILES string of the molecule is Cc1noc(/C=C\c2ccccc2Cl)c1[N+](=O)[O-]. The normalized spacial score (nSPS) is 11.0. The quantitative estimate of drug-likeness (QED) is 0.626. The summed E-state index contributed by atoms with van der Waals surface area (Å²) in [5, 5.41) is 15.0. The van der Waals surface area contributed by atoms with E-state index in [1.54, 1.807) is 24.3 Å². The van der Waals surface area contributed by atoms with Gasteiger partial charge in [-0.1, -0.05) is 35.0 Å². The number of nitro groups is 1. The summed E-state index contributed by atoms with van der Waals surface area (Å²) >= 11 is 5.97. The molecule has 1 aromatic carbocycles. The third kappa shape index (κ3) is 2.41. The Morgan fingerprint density at radius 2 is 2.11 bits per heavy atom. The van der Waals surface area contributed by atoms with E-state index in [4.69, 9.17) is 16.1 Å². The minimum absolute atomic E-state index is 0.109. The van der Waals surface area contributed by atoms with Gasteiger partial charge in [0.15, 0.2) is 5.69 Å². The Morgan fingerprint density at radius 3 is 2.78 bits per heavy atom. The smallest absolute Gasteiger partial charge is 0.338 e. The predicted octanol–water partition coefficient (Wildman–Crippen LogP) is 3.72. The molecule has 1 aromatic heterocycles. The van der Waals surface area contributed by atoms with Crippen LogP contribution in [0.4, 0.5) is 5.69 Å². The molecule has 6 heteroatoms. The summed E-state index contributed by atoms with van der Waals surface area (Å²) in [5.41, 5.74) is 0.875. The minimum Gasteiger partial charge on any atom is -0.349 e. The lowest BCUT2D eigenvalue weighted by Gasteiger charge is -1.95. The number of aryl methyl sites for hydroxylation is 1. The first kappa shape index (κ1) is 12.3. The van der Waals surface area contributed by atoms with Crippen molar-refractivity contribution < 1.29 is 9.45 Å². The summed E-state index contributed by atoms with van der Waals surface area (Å²) in [7, 11) is 0. The molecule has 0 aliphatic rings. The maximum atomic E-state index is 10.8. The average Bonchev–Trinajstić information content (AvgIpc) is 2.69. The van der Waals surface area contributed by atoms with Gasteiger partial charge < -0.3 is 4.52 Å². The van der Waals surface area contributed by atoms with E-state index in [0.717, 1.165) is 5.56 Å². The lowest BCUT2D eigenvalue weighted by atomic mass is 10.2. The second-order valence-electron chi connectivity index (χ2n) is 3.59. The van der Waals surface area contributed by atoms with Gasteiger partial charge in [0.25, 0.3) is 0 Å². The zero-order chi connectivity index (χ0) is 13.1. The van der Waals surface area contributed by atoms with E-state index >= 15 is 0 Å². The Morgan fingerprint density at radius 1 is 1.39 bits per heavy atom. The van der Waals surface area contributed by atoms with Crippen LogP contribution < -0.4 is 0 Å². The number of rotatable bonds is 3. The largest absolute Gasteiger partial charge is 0.349 e. The van der Waals surface area contributed by atoms with Gasteiger partial charge >= 0.3 is 5.69 Å². The maximum absolute atomic E-state index is 10.8. The van der Waals surface area contributed by atoms with Crippen LogP contribution in [0.3, 0.4) is 0 Å². The molecule has 0 radical (unpaired) electrons. The zero-order valence-corrected chi connectivity index (χ0v) is 10.2. The summed E-state index contributed by atoms with van der Waals surface area (Å²) in [6.07, 6.45) is 3.13. The summed E-state index contributed by atoms with van der Waals surface area (Å²) in [4.78, 5) is 10.3. The molecule has 92 valence electrons. The van der Waals surface area contributed by atoms with Crippen molar-refractivity contribution in [2.24, 2.45) is 0 Å². The monoisotopic (exact) mass is 264 g/mol. The first-order valence-electron chi connectivity index (χ1n) is 5.13. The van der Waals surface area contributed by atoms with Crippen LogP contribution in [-0.2, 0) is 0 Å². The highest BCUT2D eigenvalue weighted by Gasteiger charge is 2.21. The maximum Gasteiger partial charge on any atom is 0.338 e. The Labute approximate surface area is 108 Å². The number of halogens is 1. The fourth-order valence-electron chi connectivity index (χ4n) is 1.49. The van der Waals surface area contributed by atoms with Crippen molar-refractivity contribution >= 4 is 29.4 Å². The number of benzene rings is 1. The fourth-order valence-corrected chi connectivity index (χ4v) is 1.69. The average molecular weight is 265 g/mol. The zero-order valence-electron chi connectivity index (χ0n) is 9.46. The molecule has 18 heavy (non-hydrogen) atoms. The van der Waals surface area contributed by atoms with Crippen molar-refractivity contribution in [3.8, 4) is 0 Å². The van der Waals surface area contributed by atoms with E-state index in [9.17, 15) is 10.1 Å². The van der Waals surface area contributed by atoms with Gasteiger partial charge in [-0.05, 0) is 30.7 Å². The van der Waals surface area contributed by atoms with E-state index in [-0.39, 0.29) is 17.1 Å². The highest BCUT2D eigenvalue weighted by molar-refractivity contribution is 6.32. The highest BCUT2D eigenvalue weighted by Crippen LogP contribution is 2.25. The Balaban J connectivity index is 2.36. The lowest BCUT2D eigenvalue weighted by Crippen LogP contribution is -1.90. The second-order valence-corrected chi connectivity index (χ2v) is 4.00. The van der Waals surface area contributed by atoms with E-state index in [1.165, 1.54) is 13.0 Å². The predicted molar refractivity (Wildman–Crippen MR) is 68.3 cm³/mol. The number of hydrogen-bond donors (Lipinski definition) is 0. The third-order valence-corrected chi connectivity index (χ3v) is 2.70. The minimum atomic E-state index is -0.516. The lowest BCUT2D eigenvalue weighted by molar-refractivity contribution is -0.386. The molecule has 0 amide bonds. The van der Waals surface area contributed by atoms with Gasteiger partial charge in [0.2, 0.25) is 5.76 Å². The molecule has 5 nitrogen and oxygen atoms in total. The van der Waals surface area contributed by atoms with Crippen LogP contribution in [0.2, 0.25) is 5.02 Å². The van der Waals surface area contributed by atoms with Crippen LogP contribution >= 0.6 is 11.6 Å². The van der Waals surface area contributed by atoms with Crippen LogP contribution in [0.1, 0.15) is 17.0 Å². The third-order valence-electron chi connectivity index (χ3n) is 2.36. The number of aromatic nitrogens is 1. The van der Waals surface area contributed by atoms with Gasteiger partial charge in [0.1, 0.15) is 0 Å². The van der Waals surface area contributed by atoms with Gasteiger partial charge in [-0.3, -0.25) is 10.1 Å². The molecule has 0 saturated heterocycles. The van der Waals surface area contributed by atoms with E-state index in [1.807, 2.05) is 6.07 Å². The van der Waals surface area contributed by atoms with Crippen LogP contribution in [0.5, 0.6) is 0 Å². The molecule has 2 aromatic rings. The van der Waals surface area contributed by atoms with E-state index in [2.05, 4.69) is 5.16 Å². The molecule has 0 saturated carbocycles. The molecule has 0 unspecified atom stereocenters. The molecule has 0 aliphatic heterocycles. The molecule has 2 rings (SSSR count). The standard InChI is InChI=1S/C12H9ClN2O3/c1-8-12(15(16)17)11(18-14-8)7-6-9-4-2-3-5-10(9)13/h2-7H,1H3/b7-6-. The number of hydrogen-bond acceptors (Lipinski definition) is 4. The van der Waals surface area contributed by atoms with Gasteiger partial charge in [0.05, 0.1) is 4.92 Å². The molecule has 0 N–H and O–H groups in total. The van der Waals surface area contributed by atoms with Crippen LogP contribution in [0.15, 0.2) is 28.8 Å². The van der Waals surface area contributed by atoms with Gasteiger partial charge in [-0.15, -0.1) is 0 Å². The topological polar surface area (TPSA) is 69.2 Å². The van der Waals surface area contributed by atoms with Gasteiger partial charge in [-0.2, -0.15) is 0 Å². The molecule has 0 spiro atoms. The van der Waals surface area contributed by atoms with Gasteiger partial charge in [0, 0.05) is 5.02 Å². The summed E-state index contributed by atoms with van der Waals surface area (Å²) < 4.78 is 4.90. The molecule has 0 fully saturated rings. The van der Waals surface area contributed by atoms with Crippen molar-refractivity contribution in [1.82, 2.24) is 5.16 Å². The summed E-state index contributed by atoms with van der Waals surface area (Å²) in [6.45, 7) is 1.52. The molecule has 0 aliphatic carbocycles. The van der Waals surface area contributed by atoms with Crippen LogP contribution in [0, 0.1) is 17.0 Å². The van der Waals surface area contributed by atoms with Crippen molar-refractivity contribution in [3.05, 3.63) is 56.4 Å². The summed E-state index contributed by atoms with van der Waals surface area (Å²) in [6, 6.07) is 7.17.